The highest BCUT2D eigenvalue weighted by Crippen LogP contribution is 2.38. The van der Waals surface area contributed by atoms with Crippen LogP contribution >= 0.6 is 0 Å². The molecule has 0 saturated carbocycles. The third-order valence-electron chi connectivity index (χ3n) is 3.73. The molecular formula is C12H14BF4NO2. The van der Waals surface area contributed by atoms with Crippen LogP contribution in [0.3, 0.4) is 0 Å². The van der Waals surface area contributed by atoms with Gasteiger partial charge in [-0.1, -0.05) is 0 Å². The highest BCUT2D eigenvalue weighted by atomic mass is 19.4. The minimum atomic E-state index is -4.73. The fraction of sp³-hybridized carbons (Fsp3) is 0.583. The number of nitrogens with zero attached hydrogens (tertiary/aromatic N) is 1. The van der Waals surface area contributed by atoms with Crippen LogP contribution in [-0.2, 0) is 15.5 Å². The predicted octanol–water partition coefficient (Wildman–Crippen LogP) is 2.54. The molecular weight excluding hydrogens is 277 g/mol. The van der Waals surface area contributed by atoms with Gasteiger partial charge in [0.05, 0.1) is 23.0 Å². The molecule has 1 fully saturated rings. The Morgan fingerprint density at radius 1 is 1.05 bits per heavy atom. The molecule has 0 amide bonds. The van der Waals surface area contributed by atoms with Gasteiger partial charge in [0, 0.05) is 11.7 Å². The van der Waals surface area contributed by atoms with Crippen molar-refractivity contribution in [3.05, 3.63) is 23.8 Å². The summed E-state index contributed by atoms with van der Waals surface area (Å²) in [4.78, 5) is 3.25. The van der Waals surface area contributed by atoms with E-state index >= 15 is 0 Å². The summed E-state index contributed by atoms with van der Waals surface area (Å²) < 4.78 is 63.6. The maximum Gasteiger partial charge on any atom is 0.498 e. The topological polar surface area (TPSA) is 31.4 Å². The standard InChI is InChI=1S/C12H14BF4NO2/c1-10(2)11(3,4)20-13(19-10)9-7(12(15,16)17)5-18-6-8(9)14/h5-6H,1-4H3. The molecule has 0 bridgehead atoms. The second-order valence-electron chi connectivity index (χ2n) is 5.67. The average molecular weight is 291 g/mol. The van der Waals surface area contributed by atoms with Crippen molar-refractivity contribution >= 4 is 12.6 Å². The van der Waals surface area contributed by atoms with Gasteiger partial charge in [-0.25, -0.2) is 4.39 Å². The Kier molecular flexibility index (Phi) is 3.37. The average Bonchev–Trinajstić information content (AvgIpc) is 2.46. The van der Waals surface area contributed by atoms with Crippen LogP contribution in [0.15, 0.2) is 12.4 Å². The number of rotatable bonds is 1. The molecule has 0 radical (unpaired) electrons. The fourth-order valence-electron chi connectivity index (χ4n) is 1.87. The van der Waals surface area contributed by atoms with E-state index in [1.54, 1.807) is 27.7 Å². The molecule has 1 aromatic heterocycles. The Hall–Kier alpha value is -1.15. The van der Waals surface area contributed by atoms with Crippen LogP contribution in [0.5, 0.6) is 0 Å². The Bertz CT molecular complexity index is 515. The Morgan fingerprint density at radius 2 is 1.55 bits per heavy atom. The second kappa shape index (κ2) is 4.43. The predicted molar refractivity (Wildman–Crippen MR) is 64.9 cm³/mol. The zero-order valence-electron chi connectivity index (χ0n) is 11.5. The fourth-order valence-corrected chi connectivity index (χ4v) is 1.87. The van der Waals surface area contributed by atoms with Crippen molar-refractivity contribution in [1.82, 2.24) is 4.98 Å². The van der Waals surface area contributed by atoms with Gasteiger partial charge in [-0.15, -0.1) is 0 Å². The Balaban J connectivity index is 2.50. The third kappa shape index (κ3) is 2.42. The number of pyridine rings is 1. The van der Waals surface area contributed by atoms with Crippen molar-refractivity contribution in [2.45, 2.75) is 45.1 Å². The summed E-state index contributed by atoms with van der Waals surface area (Å²) in [5.74, 6) is -1.10. The molecule has 20 heavy (non-hydrogen) atoms. The highest BCUT2D eigenvalue weighted by Gasteiger charge is 2.54. The first-order valence-electron chi connectivity index (χ1n) is 6.02. The molecule has 3 nitrogen and oxygen atoms in total. The molecule has 1 aliphatic rings. The molecule has 8 heteroatoms. The van der Waals surface area contributed by atoms with Gasteiger partial charge >= 0.3 is 13.3 Å². The van der Waals surface area contributed by atoms with Crippen molar-refractivity contribution < 1.29 is 26.9 Å². The summed E-state index contributed by atoms with van der Waals surface area (Å²) in [5, 5.41) is 0. The zero-order chi connectivity index (χ0) is 15.3. The number of alkyl halides is 3. The van der Waals surface area contributed by atoms with Gasteiger partial charge in [0.25, 0.3) is 0 Å². The maximum atomic E-state index is 13.8. The summed E-state index contributed by atoms with van der Waals surface area (Å²) in [6, 6.07) is 0. The minimum absolute atomic E-state index is 0.573. The van der Waals surface area contributed by atoms with Gasteiger partial charge < -0.3 is 9.31 Å². The lowest BCUT2D eigenvalue weighted by atomic mass is 9.76. The van der Waals surface area contributed by atoms with Crippen LogP contribution in [0, 0.1) is 5.82 Å². The maximum absolute atomic E-state index is 13.8. The van der Waals surface area contributed by atoms with Gasteiger partial charge in [-0.2, -0.15) is 13.2 Å². The molecule has 0 aliphatic carbocycles. The van der Waals surface area contributed by atoms with Crippen LogP contribution in [0.4, 0.5) is 17.6 Å². The van der Waals surface area contributed by atoms with Crippen LogP contribution < -0.4 is 5.46 Å². The lowest BCUT2D eigenvalue weighted by Gasteiger charge is -2.32. The molecule has 1 aliphatic heterocycles. The molecule has 0 aromatic carbocycles. The van der Waals surface area contributed by atoms with Crippen molar-refractivity contribution in [2.24, 2.45) is 0 Å². The molecule has 2 heterocycles. The van der Waals surface area contributed by atoms with E-state index in [-0.39, 0.29) is 0 Å². The largest absolute Gasteiger partial charge is 0.498 e. The summed E-state index contributed by atoms with van der Waals surface area (Å²) in [6.07, 6.45) is -3.44. The molecule has 2 rings (SSSR count). The quantitative estimate of drug-likeness (QED) is 0.588. The van der Waals surface area contributed by atoms with Gasteiger partial charge in [0.1, 0.15) is 5.82 Å². The zero-order valence-corrected chi connectivity index (χ0v) is 11.5. The SMILES string of the molecule is CC1(C)OB(c2c(F)cncc2C(F)(F)F)OC1(C)C. The molecule has 0 atom stereocenters. The molecule has 1 saturated heterocycles. The summed E-state index contributed by atoms with van der Waals surface area (Å²) in [5.41, 5.74) is -3.55. The van der Waals surface area contributed by atoms with Gasteiger partial charge in [-0.05, 0) is 27.7 Å². The van der Waals surface area contributed by atoms with Crippen molar-refractivity contribution in [1.29, 1.82) is 0 Å². The lowest BCUT2D eigenvalue weighted by molar-refractivity contribution is -0.137. The monoisotopic (exact) mass is 291 g/mol. The van der Waals surface area contributed by atoms with Crippen molar-refractivity contribution in [3.63, 3.8) is 0 Å². The smallest absolute Gasteiger partial charge is 0.399 e. The van der Waals surface area contributed by atoms with E-state index < -0.39 is 41.3 Å². The van der Waals surface area contributed by atoms with E-state index in [0.29, 0.717) is 6.20 Å². The normalized spacial score (nSPS) is 21.3. The van der Waals surface area contributed by atoms with Crippen LogP contribution in [0.25, 0.3) is 0 Å². The summed E-state index contributed by atoms with van der Waals surface area (Å²) in [6.45, 7) is 6.72. The number of aromatic nitrogens is 1. The molecule has 0 unspecified atom stereocenters. The van der Waals surface area contributed by atoms with Crippen LogP contribution in [0.1, 0.15) is 33.3 Å². The number of hydrogen-bond donors (Lipinski definition) is 0. The highest BCUT2D eigenvalue weighted by molar-refractivity contribution is 6.62. The van der Waals surface area contributed by atoms with E-state index in [1.807, 2.05) is 0 Å². The van der Waals surface area contributed by atoms with E-state index in [0.717, 1.165) is 6.20 Å². The first-order valence-corrected chi connectivity index (χ1v) is 6.02. The van der Waals surface area contributed by atoms with E-state index in [2.05, 4.69) is 4.98 Å². The van der Waals surface area contributed by atoms with Crippen LogP contribution in [0.2, 0.25) is 0 Å². The summed E-state index contributed by atoms with van der Waals surface area (Å²) in [7, 11) is -1.42. The Labute approximate surface area is 114 Å². The van der Waals surface area contributed by atoms with E-state index in [1.165, 1.54) is 0 Å². The molecule has 1 aromatic rings. The van der Waals surface area contributed by atoms with Crippen molar-refractivity contribution in [2.75, 3.05) is 0 Å². The Morgan fingerprint density at radius 3 is 2.00 bits per heavy atom. The molecule has 0 N–H and O–H groups in total. The van der Waals surface area contributed by atoms with E-state index in [4.69, 9.17) is 9.31 Å². The number of hydrogen-bond acceptors (Lipinski definition) is 3. The molecule has 0 spiro atoms. The van der Waals surface area contributed by atoms with E-state index in [9.17, 15) is 17.6 Å². The van der Waals surface area contributed by atoms with Gasteiger partial charge in [-0.3, -0.25) is 4.98 Å². The van der Waals surface area contributed by atoms with Crippen molar-refractivity contribution in [3.8, 4) is 0 Å². The minimum Gasteiger partial charge on any atom is -0.399 e. The van der Waals surface area contributed by atoms with Gasteiger partial charge in [0.15, 0.2) is 0 Å². The summed E-state index contributed by atoms with van der Waals surface area (Å²) >= 11 is 0. The first-order chi connectivity index (χ1) is 8.96. The second-order valence-corrected chi connectivity index (χ2v) is 5.67. The first kappa shape index (κ1) is 15.2. The third-order valence-corrected chi connectivity index (χ3v) is 3.73. The lowest BCUT2D eigenvalue weighted by Crippen LogP contribution is -2.41. The number of halogens is 4. The van der Waals surface area contributed by atoms with Crippen LogP contribution in [-0.4, -0.2) is 23.3 Å². The van der Waals surface area contributed by atoms with Gasteiger partial charge in [0.2, 0.25) is 0 Å². The molecule has 110 valence electrons.